The largest absolute Gasteiger partial charge is 0.337 e. The van der Waals surface area contributed by atoms with Crippen LogP contribution in [0, 0.1) is 0 Å². The maximum Gasteiger partial charge on any atom is 0.269 e. The minimum Gasteiger partial charge on any atom is -0.337 e. The summed E-state index contributed by atoms with van der Waals surface area (Å²) in [5.74, 6) is -0.0228. The highest BCUT2D eigenvalue weighted by Crippen LogP contribution is 2.50. The Kier molecular flexibility index (Phi) is 6.21. The number of fused-ring (bicyclic) bond motifs is 2. The van der Waals surface area contributed by atoms with Gasteiger partial charge in [-0.1, -0.05) is 59.8 Å². The average molecular weight is 529 g/mol. The number of amidine groups is 1. The molecule has 2 aliphatic heterocycles. The first kappa shape index (κ1) is 23.2. The SMILES string of the molecule is CN1/C(=C2/SC(=Nc3ccc4ncccc4c3)N(CCc3ccccc3)C2=O)Sc2ccc(Cl)cc21. The van der Waals surface area contributed by atoms with Crippen molar-refractivity contribution in [3.05, 3.63) is 106 Å². The molecule has 1 amide bonds. The number of thioether (sulfide) groups is 2. The van der Waals surface area contributed by atoms with Crippen molar-refractivity contribution in [1.82, 2.24) is 9.88 Å². The molecule has 1 aromatic heterocycles. The van der Waals surface area contributed by atoms with Gasteiger partial charge in [0.1, 0.15) is 4.91 Å². The molecule has 0 atom stereocenters. The van der Waals surface area contributed by atoms with Crippen molar-refractivity contribution in [2.45, 2.75) is 11.3 Å². The Morgan fingerprint density at radius 1 is 0.972 bits per heavy atom. The zero-order chi connectivity index (χ0) is 24.6. The van der Waals surface area contributed by atoms with Gasteiger partial charge < -0.3 is 4.90 Å². The van der Waals surface area contributed by atoms with Gasteiger partial charge in [-0.05, 0) is 66.2 Å². The number of rotatable bonds is 4. The van der Waals surface area contributed by atoms with E-state index in [-0.39, 0.29) is 5.91 Å². The van der Waals surface area contributed by atoms with E-state index in [0.717, 1.165) is 38.6 Å². The lowest BCUT2D eigenvalue weighted by atomic mass is 10.1. The zero-order valence-corrected chi connectivity index (χ0v) is 21.8. The second kappa shape index (κ2) is 9.65. The van der Waals surface area contributed by atoms with Gasteiger partial charge in [0.25, 0.3) is 5.91 Å². The zero-order valence-electron chi connectivity index (χ0n) is 19.4. The van der Waals surface area contributed by atoms with E-state index in [1.165, 1.54) is 17.3 Å². The van der Waals surface area contributed by atoms with Crippen molar-refractivity contribution in [3.8, 4) is 0 Å². The summed E-state index contributed by atoms with van der Waals surface area (Å²) in [6.45, 7) is 0.549. The lowest BCUT2D eigenvalue weighted by molar-refractivity contribution is -0.122. The molecule has 3 heterocycles. The maximum atomic E-state index is 13.8. The van der Waals surface area contributed by atoms with Crippen LogP contribution in [0.15, 0.2) is 105 Å². The Bertz CT molecular complexity index is 1550. The minimum atomic E-state index is -0.0228. The number of anilines is 1. The molecule has 5 nitrogen and oxygen atoms in total. The third-order valence-corrected chi connectivity index (χ3v) is 8.80. The summed E-state index contributed by atoms with van der Waals surface area (Å²) >= 11 is 9.28. The Labute approximate surface area is 222 Å². The highest BCUT2D eigenvalue weighted by molar-refractivity contribution is 8.19. The fraction of sp³-hybridized carbons (Fsp3) is 0.107. The van der Waals surface area contributed by atoms with E-state index in [2.05, 4.69) is 17.1 Å². The van der Waals surface area contributed by atoms with Crippen molar-refractivity contribution >= 4 is 68.5 Å². The monoisotopic (exact) mass is 528 g/mol. The first-order chi connectivity index (χ1) is 17.6. The lowest BCUT2D eigenvalue weighted by Crippen LogP contribution is -2.31. The van der Waals surface area contributed by atoms with Gasteiger partial charge in [-0.3, -0.25) is 14.7 Å². The number of hydrogen-bond donors (Lipinski definition) is 0. The standard InChI is InChI=1S/C28H21ClN4OS2/c1-32-23-17-20(29)9-12-24(23)35-27(32)25-26(34)33(15-13-18-6-3-2-4-7-18)28(36-25)31-21-10-11-22-19(16-21)8-5-14-30-22/h2-12,14,16-17H,13,15H2,1H3/b27-25-,31-28?. The number of halogens is 1. The summed E-state index contributed by atoms with van der Waals surface area (Å²) in [7, 11) is 1.98. The number of amides is 1. The normalized spacial score (nSPS) is 18.5. The third-order valence-electron chi connectivity index (χ3n) is 6.13. The average Bonchev–Trinajstić information content (AvgIpc) is 3.38. The van der Waals surface area contributed by atoms with Crippen molar-refractivity contribution in [2.24, 2.45) is 4.99 Å². The van der Waals surface area contributed by atoms with Crippen LogP contribution in [0.25, 0.3) is 10.9 Å². The van der Waals surface area contributed by atoms with Gasteiger partial charge in [0.05, 0.1) is 21.9 Å². The highest BCUT2D eigenvalue weighted by Gasteiger charge is 2.39. The molecule has 8 heteroatoms. The summed E-state index contributed by atoms with van der Waals surface area (Å²) < 4.78 is 0. The van der Waals surface area contributed by atoms with E-state index >= 15 is 0 Å². The Balaban J connectivity index is 1.38. The van der Waals surface area contributed by atoms with Gasteiger partial charge in [-0.25, -0.2) is 4.99 Å². The Morgan fingerprint density at radius 2 is 1.83 bits per heavy atom. The summed E-state index contributed by atoms with van der Waals surface area (Å²) in [5.41, 5.74) is 3.90. The maximum absolute atomic E-state index is 13.8. The summed E-state index contributed by atoms with van der Waals surface area (Å²) in [6.07, 6.45) is 2.53. The number of benzene rings is 3. The van der Waals surface area contributed by atoms with E-state index in [9.17, 15) is 4.79 Å². The number of hydrogen-bond acceptors (Lipinski definition) is 6. The van der Waals surface area contributed by atoms with Crippen molar-refractivity contribution in [1.29, 1.82) is 0 Å². The van der Waals surface area contributed by atoms with Crippen LogP contribution >= 0.6 is 35.1 Å². The van der Waals surface area contributed by atoms with Gasteiger partial charge >= 0.3 is 0 Å². The first-order valence-corrected chi connectivity index (χ1v) is 13.5. The van der Waals surface area contributed by atoms with Gasteiger partial charge in [-0.15, -0.1) is 0 Å². The van der Waals surface area contributed by atoms with Gasteiger partial charge in [0.15, 0.2) is 5.17 Å². The molecule has 0 saturated carbocycles. The van der Waals surface area contributed by atoms with Crippen LogP contribution in [-0.2, 0) is 11.2 Å². The smallest absolute Gasteiger partial charge is 0.269 e. The predicted octanol–water partition coefficient (Wildman–Crippen LogP) is 7.11. The summed E-state index contributed by atoms with van der Waals surface area (Å²) in [5, 5.41) is 3.28. The predicted molar refractivity (Wildman–Crippen MR) is 151 cm³/mol. The fourth-order valence-electron chi connectivity index (χ4n) is 4.26. The topological polar surface area (TPSA) is 48.8 Å². The van der Waals surface area contributed by atoms with E-state index < -0.39 is 0 Å². The second-order valence-electron chi connectivity index (χ2n) is 8.48. The third kappa shape index (κ3) is 4.39. The summed E-state index contributed by atoms with van der Waals surface area (Å²) in [4.78, 5) is 28.7. The van der Waals surface area contributed by atoms with Gasteiger partial charge in [0, 0.05) is 35.1 Å². The molecule has 0 N–H and O–H groups in total. The van der Waals surface area contributed by atoms with Crippen molar-refractivity contribution in [3.63, 3.8) is 0 Å². The van der Waals surface area contributed by atoms with Crippen LogP contribution in [0.3, 0.4) is 0 Å². The molecule has 0 radical (unpaired) electrons. The van der Waals surface area contributed by atoms with E-state index in [4.69, 9.17) is 16.6 Å². The number of aliphatic imine (C=N–C) groups is 1. The Morgan fingerprint density at radius 3 is 2.69 bits per heavy atom. The van der Waals surface area contributed by atoms with Gasteiger partial charge in [0.2, 0.25) is 0 Å². The van der Waals surface area contributed by atoms with Crippen molar-refractivity contribution in [2.75, 3.05) is 18.5 Å². The van der Waals surface area contributed by atoms with Crippen LogP contribution in [0.4, 0.5) is 11.4 Å². The fourth-order valence-corrected chi connectivity index (χ4v) is 6.78. The molecule has 0 bridgehead atoms. The molecule has 6 rings (SSSR count). The molecule has 1 fully saturated rings. The Hall–Kier alpha value is -3.26. The molecular formula is C28H21ClN4OS2. The van der Waals surface area contributed by atoms with Gasteiger partial charge in [-0.2, -0.15) is 0 Å². The van der Waals surface area contributed by atoms with Crippen LogP contribution in [-0.4, -0.2) is 34.6 Å². The number of carbonyl (C=O) groups excluding carboxylic acids is 1. The van der Waals surface area contributed by atoms with E-state index in [1.54, 1.807) is 22.9 Å². The summed E-state index contributed by atoms with van der Waals surface area (Å²) in [6, 6.07) is 25.9. The second-order valence-corrected chi connectivity index (χ2v) is 10.9. The molecule has 0 spiro atoms. The highest BCUT2D eigenvalue weighted by atomic mass is 35.5. The van der Waals surface area contributed by atoms with Crippen LogP contribution < -0.4 is 4.90 Å². The number of nitrogens with zero attached hydrogens (tertiary/aromatic N) is 4. The van der Waals surface area contributed by atoms with Crippen LogP contribution in [0.5, 0.6) is 0 Å². The quantitative estimate of drug-likeness (QED) is 0.264. The van der Waals surface area contributed by atoms with E-state index in [0.29, 0.717) is 21.6 Å². The molecular weight excluding hydrogens is 508 g/mol. The molecule has 0 unspecified atom stereocenters. The molecule has 0 aliphatic carbocycles. The molecule has 178 valence electrons. The molecule has 36 heavy (non-hydrogen) atoms. The molecule has 2 aliphatic rings. The number of aromatic nitrogens is 1. The van der Waals surface area contributed by atoms with Crippen LogP contribution in [0.2, 0.25) is 5.02 Å². The first-order valence-electron chi connectivity index (χ1n) is 11.5. The molecule has 1 saturated heterocycles. The minimum absolute atomic E-state index is 0.0228. The molecule has 4 aromatic rings. The van der Waals surface area contributed by atoms with Crippen LogP contribution in [0.1, 0.15) is 5.56 Å². The van der Waals surface area contributed by atoms with E-state index in [1.807, 2.05) is 78.7 Å². The van der Waals surface area contributed by atoms with Crippen molar-refractivity contribution < 1.29 is 4.79 Å². The number of pyridine rings is 1. The molecule has 3 aromatic carbocycles. The lowest BCUT2D eigenvalue weighted by Gasteiger charge is -2.17. The number of carbonyl (C=O) groups is 1.